The molecule has 1 aliphatic heterocycles. The predicted octanol–water partition coefficient (Wildman–Crippen LogP) is 4.00. The molecular formula is C19H22BrFN2O3S2. The summed E-state index contributed by atoms with van der Waals surface area (Å²) >= 11 is 4.51. The Labute approximate surface area is 177 Å². The number of carbonyl (C=O) groups excluding carboxylic acids is 1. The standard InChI is InChI=1S/C19H22BrFN2O3S2/c1-13(19(24)22-12-14-2-4-16(21)5-3-14)15-8-10-23(11-9-15)28(25,26)18-7-6-17(20)27-18/h2-7,13,15H,8-12H2,1H3,(H,22,24)/t13-/m0/s1. The first-order valence-corrected chi connectivity index (χ1v) is 12.1. The second-order valence-corrected chi connectivity index (χ2v) is 11.6. The van der Waals surface area contributed by atoms with Gasteiger partial charge in [-0.2, -0.15) is 4.31 Å². The molecule has 152 valence electrons. The van der Waals surface area contributed by atoms with Crippen LogP contribution in [0.2, 0.25) is 0 Å². The molecule has 0 spiro atoms. The lowest BCUT2D eigenvalue weighted by molar-refractivity contribution is -0.126. The summed E-state index contributed by atoms with van der Waals surface area (Å²) in [5.41, 5.74) is 0.838. The van der Waals surface area contributed by atoms with Gasteiger partial charge in [0, 0.05) is 25.6 Å². The fourth-order valence-corrected chi connectivity index (χ4v) is 6.98. The zero-order valence-electron chi connectivity index (χ0n) is 15.4. The van der Waals surface area contributed by atoms with Crippen molar-refractivity contribution in [1.82, 2.24) is 9.62 Å². The van der Waals surface area contributed by atoms with Crippen LogP contribution < -0.4 is 5.32 Å². The molecule has 1 aliphatic rings. The Hall–Kier alpha value is -1.29. The zero-order chi connectivity index (χ0) is 20.3. The van der Waals surface area contributed by atoms with Crippen molar-refractivity contribution in [3.63, 3.8) is 0 Å². The highest BCUT2D eigenvalue weighted by molar-refractivity contribution is 9.11. The van der Waals surface area contributed by atoms with Crippen LogP contribution in [0.1, 0.15) is 25.3 Å². The molecule has 0 saturated carbocycles. The predicted molar refractivity (Wildman–Crippen MR) is 111 cm³/mol. The fourth-order valence-electron chi connectivity index (χ4n) is 3.35. The number of halogens is 2. The van der Waals surface area contributed by atoms with Crippen LogP contribution in [0.25, 0.3) is 0 Å². The largest absolute Gasteiger partial charge is 0.352 e. The van der Waals surface area contributed by atoms with E-state index in [0.29, 0.717) is 36.7 Å². The Balaban J connectivity index is 1.52. The number of piperidine rings is 1. The number of sulfonamides is 1. The lowest BCUT2D eigenvalue weighted by Crippen LogP contribution is -2.42. The summed E-state index contributed by atoms with van der Waals surface area (Å²) < 4.78 is 41.0. The third kappa shape index (κ3) is 5.00. The summed E-state index contributed by atoms with van der Waals surface area (Å²) in [6.45, 7) is 3.06. The van der Waals surface area contributed by atoms with Crippen molar-refractivity contribution in [2.75, 3.05) is 13.1 Å². The van der Waals surface area contributed by atoms with Crippen LogP contribution in [0.4, 0.5) is 4.39 Å². The van der Waals surface area contributed by atoms with Gasteiger partial charge in [-0.15, -0.1) is 11.3 Å². The monoisotopic (exact) mass is 488 g/mol. The highest BCUT2D eigenvalue weighted by atomic mass is 79.9. The van der Waals surface area contributed by atoms with Gasteiger partial charge < -0.3 is 5.32 Å². The van der Waals surface area contributed by atoms with Crippen molar-refractivity contribution in [2.24, 2.45) is 11.8 Å². The van der Waals surface area contributed by atoms with Gasteiger partial charge in [-0.3, -0.25) is 4.79 Å². The van der Waals surface area contributed by atoms with Crippen molar-refractivity contribution in [3.05, 3.63) is 51.6 Å². The molecule has 5 nitrogen and oxygen atoms in total. The minimum absolute atomic E-state index is 0.0622. The summed E-state index contributed by atoms with van der Waals surface area (Å²) in [6.07, 6.45) is 1.30. The average Bonchev–Trinajstić information content (AvgIpc) is 3.14. The molecule has 1 atom stereocenters. The van der Waals surface area contributed by atoms with Crippen LogP contribution in [0.15, 0.2) is 44.4 Å². The Bertz CT molecular complexity index is 923. The van der Waals surface area contributed by atoms with Crippen LogP contribution in [0.3, 0.4) is 0 Å². The summed E-state index contributed by atoms with van der Waals surface area (Å²) in [5.74, 6) is -0.441. The summed E-state index contributed by atoms with van der Waals surface area (Å²) in [6, 6.07) is 9.37. The van der Waals surface area contributed by atoms with Gasteiger partial charge in [0.2, 0.25) is 5.91 Å². The highest BCUT2D eigenvalue weighted by Crippen LogP contribution is 2.32. The maximum Gasteiger partial charge on any atom is 0.252 e. The van der Waals surface area contributed by atoms with Gasteiger partial charge in [-0.25, -0.2) is 12.8 Å². The van der Waals surface area contributed by atoms with E-state index < -0.39 is 10.0 Å². The van der Waals surface area contributed by atoms with E-state index in [1.54, 1.807) is 24.3 Å². The first-order chi connectivity index (χ1) is 13.3. The van der Waals surface area contributed by atoms with Crippen molar-refractivity contribution >= 4 is 43.2 Å². The van der Waals surface area contributed by atoms with Crippen LogP contribution in [-0.2, 0) is 21.4 Å². The molecule has 0 bridgehead atoms. The van der Waals surface area contributed by atoms with Crippen molar-refractivity contribution < 1.29 is 17.6 Å². The second-order valence-electron chi connectivity index (χ2n) is 6.93. The van der Waals surface area contributed by atoms with Crippen LogP contribution in [-0.4, -0.2) is 31.7 Å². The van der Waals surface area contributed by atoms with Gasteiger partial charge in [0.05, 0.1) is 3.79 Å². The summed E-state index contributed by atoms with van der Waals surface area (Å²) in [4.78, 5) is 12.5. The molecule has 0 radical (unpaired) electrons. The van der Waals surface area contributed by atoms with Gasteiger partial charge in [0.15, 0.2) is 0 Å². The molecule has 2 heterocycles. The molecule has 0 unspecified atom stereocenters. The summed E-state index contributed by atoms with van der Waals surface area (Å²) in [7, 11) is -3.47. The lowest BCUT2D eigenvalue weighted by atomic mass is 9.85. The van der Waals surface area contributed by atoms with E-state index in [0.717, 1.165) is 9.35 Å². The van der Waals surface area contributed by atoms with Crippen LogP contribution in [0, 0.1) is 17.7 Å². The molecule has 28 heavy (non-hydrogen) atoms. The number of nitrogens with zero attached hydrogens (tertiary/aromatic N) is 1. The average molecular weight is 489 g/mol. The fraction of sp³-hybridized carbons (Fsp3) is 0.421. The number of amides is 1. The molecule has 1 fully saturated rings. The number of hydrogen-bond acceptors (Lipinski definition) is 4. The van der Waals surface area contributed by atoms with E-state index in [1.807, 2.05) is 6.92 Å². The van der Waals surface area contributed by atoms with Crippen molar-refractivity contribution in [1.29, 1.82) is 0 Å². The molecule has 2 aromatic rings. The topological polar surface area (TPSA) is 66.5 Å². The SMILES string of the molecule is C[C@H](C(=O)NCc1ccc(F)cc1)C1CCN(S(=O)(=O)c2ccc(Br)s2)CC1. The van der Waals surface area contributed by atoms with E-state index >= 15 is 0 Å². The number of benzene rings is 1. The first kappa shape index (κ1) is 21.4. The Morgan fingerprint density at radius 1 is 1.25 bits per heavy atom. The molecule has 3 rings (SSSR count). The zero-order valence-corrected chi connectivity index (χ0v) is 18.6. The van der Waals surface area contributed by atoms with Gasteiger partial charge >= 0.3 is 0 Å². The third-order valence-corrected chi connectivity index (χ3v) is 9.13. The molecule has 1 N–H and O–H groups in total. The molecule has 1 aromatic heterocycles. The third-order valence-electron chi connectivity index (χ3n) is 5.14. The Morgan fingerprint density at radius 2 is 1.89 bits per heavy atom. The minimum atomic E-state index is -3.47. The Morgan fingerprint density at radius 3 is 2.46 bits per heavy atom. The van der Waals surface area contributed by atoms with E-state index in [-0.39, 0.29) is 23.6 Å². The Kier molecular flexibility index (Phi) is 6.90. The van der Waals surface area contributed by atoms with Crippen LogP contribution in [0.5, 0.6) is 0 Å². The van der Waals surface area contributed by atoms with Gasteiger partial charge in [-0.1, -0.05) is 19.1 Å². The normalized spacial score (nSPS) is 17.4. The number of hydrogen-bond donors (Lipinski definition) is 1. The molecule has 0 aliphatic carbocycles. The molecule has 1 saturated heterocycles. The van der Waals surface area contributed by atoms with Gasteiger partial charge in [0.1, 0.15) is 10.0 Å². The van der Waals surface area contributed by atoms with Crippen LogP contribution >= 0.6 is 27.3 Å². The molecule has 9 heteroatoms. The van der Waals surface area contributed by atoms with E-state index in [2.05, 4.69) is 21.2 Å². The smallest absolute Gasteiger partial charge is 0.252 e. The van der Waals surface area contributed by atoms with Crippen molar-refractivity contribution in [2.45, 2.75) is 30.5 Å². The van der Waals surface area contributed by atoms with E-state index in [9.17, 15) is 17.6 Å². The van der Waals surface area contributed by atoms with E-state index in [4.69, 9.17) is 0 Å². The quantitative estimate of drug-likeness (QED) is 0.667. The molecule has 1 amide bonds. The highest BCUT2D eigenvalue weighted by Gasteiger charge is 2.34. The second kappa shape index (κ2) is 9.02. The maximum atomic E-state index is 12.9. The number of nitrogens with one attached hydrogen (secondary N) is 1. The molecular weight excluding hydrogens is 467 g/mol. The minimum Gasteiger partial charge on any atom is -0.352 e. The number of carbonyl (C=O) groups is 1. The van der Waals surface area contributed by atoms with Gasteiger partial charge in [0.25, 0.3) is 10.0 Å². The van der Waals surface area contributed by atoms with E-state index in [1.165, 1.54) is 27.8 Å². The van der Waals surface area contributed by atoms with Crippen molar-refractivity contribution in [3.8, 4) is 0 Å². The summed E-state index contributed by atoms with van der Waals surface area (Å²) in [5, 5.41) is 2.89. The molecule has 1 aromatic carbocycles. The maximum absolute atomic E-state index is 12.9. The number of thiophene rings is 1. The number of rotatable bonds is 6. The van der Waals surface area contributed by atoms with Gasteiger partial charge in [-0.05, 0) is 64.5 Å². The lowest BCUT2D eigenvalue weighted by Gasteiger charge is -2.33. The first-order valence-electron chi connectivity index (χ1n) is 9.05.